The zero-order chi connectivity index (χ0) is 23.6. The number of nitrogens with zero attached hydrogens (tertiary/aromatic N) is 2. The molecule has 1 saturated heterocycles. The Bertz CT molecular complexity index is 1090. The van der Waals surface area contributed by atoms with E-state index in [-0.39, 0.29) is 12.4 Å². The van der Waals surface area contributed by atoms with Gasteiger partial charge in [0.1, 0.15) is 12.4 Å². The summed E-state index contributed by atoms with van der Waals surface area (Å²) < 4.78 is 47.8. The number of likely N-dealkylation sites (tertiary alicyclic amines) is 1. The molecule has 178 valence electrons. The van der Waals surface area contributed by atoms with Crippen LogP contribution in [0.3, 0.4) is 0 Å². The van der Waals surface area contributed by atoms with E-state index in [4.69, 9.17) is 4.74 Å². The Labute approximate surface area is 205 Å². The van der Waals surface area contributed by atoms with Gasteiger partial charge < -0.3 is 14.5 Å². The molecule has 0 spiro atoms. The van der Waals surface area contributed by atoms with Crippen molar-refractivity contribution in [1.29, 1.82) is 0 Å². The van der Waals surface area contributed by atoms with Crippen LogP contribution in [0, 0.1) is 0 Å². The van der Waals surface area contributed by atoms with Gasteiger partial charge in [0.15, 0.2) is 0 Å². The van der Waals surface area contributed by atoms with Gasteiger partial charge in [-0.25, -0.2) is 0 Å². The molecule has 1 aromatic heterocycles. The Kier molecular flexibility index (Phi) is 7.68. The SMILES string of the molecule is CN(C)C1CCN(CCc2c(COc3ccc(Br)cc3C(F)(F)F)sc3ccccc23)CC1. The van der Waals surface area contributed by atoms with Crippen LogP contribution < -0.4 is 4.74 Å². The Morgan fingerprint density at radius 2 is 1.85 bits per heavy atom. The second-order valence-corrected chi connectivity index (χ2v) is 10.8. The van der Waals surface area contributed by atoms with E-state index < -0.39 is 11.7 Å². The number of alkyl halides is 3. The topological polar surface area (TPSA) is 15.7 Å². The molecule has 1 aliphatic heterocycles. The summed E-state index contributed by atoms with van der Waals surface area (Å²) in [6.45, 7) is 3.22. The molecular weight excluding hydrogens is 513 g/mol. The molecule has 2 heterocycles. The number of ether oxygens (including phenoxy) is 1. The molecule has 3 aromatic rings. The van der Waals surface area contributed by atoms with Crippen molar-refractivity contribution in [3.63, 3.8) is 0 Å². The van der Waals surface area contributed by atoms with E-state index in [1.165, 1.54) is 17.0 Å². The third-order valence-corrected chi connectivity index (χ3v) is 8.03. The molecule has 0 radical (unpaired) electrons. The Morgan fingerprint density at radius 1 is 1.12 bits per heavy atom. The zero-order valence-electron chi connectivity index (χ0n) is 18.8. The number of fused-ring (bicyclic) bond motifs is 1. The highest BCUT2D eigenvalue weighted by molar-refractivity contribution is 9.10. The molecule has 4 rings (SSSR count). The van der Waals surface area contributed by atoms with E-state index in [1.807, 2.05) is 12.1 Å². The first-order chi connectivity index (χ1) is 15.7. The number of hydrogen-bond donors (Lipinski definition) is 0. The van der Waals surface area contributed by atoms with Gasteiger partial charge in [-0.05, 0) is 81.7 Å². The lowest BCUT2D eigenvalue weighted by Crippen LogP contribution is -2.42. The van der Waals surface area contributed by atoms with Crippen molar-refractivity contribution in [2.24, 2.45) is 0 Å². The Balaban J connectivity index is 1.51. The first kappa shape index (κ1) is 24.5. The van der Waals surface area contributed by atoms with E-state index in [0.29, 0.717) is 10.5 Å². The molecule has 0 unspecified atom stereocenters. The van der Waals surface area contributed by atoms with Crippen molar-refractivity contribution < 1.29 is 17.9 Å². The smallest absolute Gasteiger partial charge is 0.420 e. The molecule has 33 heavy (non-hydrogen) atoms. The molecule has 0 bridgehead atoms. The third kappa shape index (κ3) is 5.91. The fourth-order valence-corrected chi connectivity index (χ4v) is 5.99. The minimum Gasteiger partial charge on any atom is -0.487 e. The highest BCUT2D eigenvalue weighted by Crippen LogP contribution is 2.39. The standard InChI is InChI=1S/C25H28BrF3N2OS/c1-30(2)18-9-12-31(13-10-18)14-11-20-19-5-3-4-6-23(19)33-24(20)16-32-22-8-7-17(26)15-21(22)25(27,28)29/h3-8,15,18H,9-14,16H2,1-2H3. The van der Waals surface area contributed by atoms with Gasteiger partial charge in [0.05, 0.1) is 5.56 Å². The number of hydrogen-bond acceptors (Lipinski definition) is 4. The van der Waals surface area contributed by atoms with Gasteiger partial charge >= 0.3 is 6.18 Å². The normalized spacial score (nSPS) is 16.1. The van der Waals surface area contributed by atoms with Crippen LogP contribution in [0.1, 0.15) is 28.8 Å². The van der Waals surface area contributed by atoms with Crippen LogP contribution in [-0.2, 0) is 19.2 Å². The monoisotopic (exact) mass is 540 g/mol. The molecule has 1 fully saturated rings. The molecule has 8 heteroatoms. The second kappa shape index (κ2) is 10.3. The van der Waals surface area contributed by atoms with Gasteiger partial charge in [0, 0.05) is 26.6 Å². The van der Waals surface area contributed by atoms with Gasteiger partial charge in [0.25, 0.3) is 0 Å². The van der Waals surface area contributed by atoms with E-state index in [2.05, 4.69) is 52.0 Å². The largest absolute Gasteiger partial charge is 0.487 e. The predicted molar refractivity (Wildman–Crippen MR) is 132 cm³/mol. The first-order valence-corrected chi connectivity index (χ1v) is 12.7. The van der Waals surface area contributed by atoms with Gasteiger partial charge in [-0.2, -0.15) is 13.2 Å². The Hall–Kier alpha value is -1.61. The number of halogens is 4. The fourth-order valence-electron chi connectivity index (χ4n) is 4.46. The molecule has 2 aromatic carbocycles. The third-order valence-electron chi connectivity index (χ3n) is 6.35. The Morgan fingerprint density at radius 3 is 2.55 bits per heavy atom. The molecule has 0 aliphatic carbocycles. The minimum absolute atomic E-state index is 0.127. The van der Waals surface area contributed by atoms with Crippen molar-refractivity contribution in [3.8, 4) is 5.75 Å². The summed E-state index contributed by atoms with van der Waals surface area (Å²) in [7, 11) is 4.28. The fraction of sp³-hybridized carbons (Fsp3) is 0.440. The molecule has 1 aliphatic rings. The number of benzene rings is 2. The average Bonchev–Trinajstić information content (AvgIpc) is 3.14. The van der Waals surface area contributed by atoms with Crippen molar-refractivity contribution in [3.05, 3.63) is 62.9 Å². The molecule has 0 N–H and O–H groups in total. The van der Waals surface area contributed by atoms with E-state index in [9.17, 15) is 13.2 Å². The lowest BCUT2D eigenvalue weighted by Gasteiger charge is -2.35. The van der Waals surface area contributed by atoms with Crippen LogP contribution in [0.4, 0.5) is 13.2 Å². The summed E-state index contributed by atoms with van der Waals surface area (Å²) in [5.41, 5.74) is 0.430. The van der Waals surface area contributed by atoms with Crippen LogP contribution in [-0.4, -0.2) is 49.6 Å². The maximum atomic E-state index is 13.5. The maximum absolute atomic E-state index is 13.5. The van der Waals surface area contributed by atoms with Crippen LogP contribution in [0.15, 0.2) is 46.9 Å². The quantitative estimate of drug-likeness (QED) is 0.326. The van der Waals surface area contributed by atoms with Crippen LogP contribution in [0.2, 0.25) is 0 Å². The highest BCUT2D eigenvalue weighted by Gasteiger charge is 2.34. The second-order valence-electron chi connectivity index (χ2n) is 8.71. The summed E-state index contributed by atoms with van der Waals surface area (Å²) in [5, 5.41) is 1.18. The highest BCUT2D eigenvalue weighted by atomic mass is 79.9. The van der Waals surface area contributed by atoms with Gasteiger partial charge in [-0.15, -0.1) is 11.3 Å². The maximum Gasteiger partial charge on any atom is 0.420 e. The summed E-state index contributed by atoms with van der Waals surface area (Å²) in [5.74, 6) is -0.139. The van der Waals surface area contributed by atoms with Gasteiger partial charge in [-0.3, -0.25) is 0 Å². The lowest BCUT2D eigenvalue weighted by atomic mass is 10.0. The predicted octanol–water partition coefficient (Wildman–Crippen LogP) is 6.83. The number of piperidine rings is 1. The molecule has 0 amide bonds. The zero-order valence-corrected chi connectivity index (χ0v) is 21.2. The van der Waals surface area contributed by atoms with Crippen molar-refractivity contribution in [2.45, 2.75) is 38.1 Å². The average molecular weight is 541 g/mol. The van der Waals surface area contributed by atoms with Gasteiger partial charge in [0.2, 0.25) is 0 Å². The van der Waals surface area contributed by atoms with Crippen molar-refractivity contribution >= 4 is 37.4 Å². The van der Waals surface area contributed by atoms with Crippen molar-refractivity contribution in [1.82, 2.24) is 9.80 Å². The molecular formula is C25H28BrF3N2OS. The number of thiophene rings is 1. The van der Waals surface area contributed by atoms with Crippen molar-refractivity contribution in [2.75, 3.05) is 33.7 Å². The van der Waals surface area contributed by atoms with Crippen LogP contribution >= 0.6 is 27.3 Å². The van der Waals surface area contributed by atoms with E-state index in [1.54, 1.807) is 17.4 Å². The molecule has 0 atom stereocenters. The minimum atomic E-state index is -4.47. The van der Waals surface area contributed by atoms with Crippen LogP contribution in [0.25, 0.3) is 10.1 Å². The summed E-state index contributed by atoms with van der Waals surface area (Å²) in [6, 6.07) is 12.8. The number of rotatable bonds is 7. The molecule has 3 nitrogen and oxygen atoms in total. The summed E-state index contributed by atoms with van der Waals surface area (Å²) in [6.07, 6.45) is -1.28. The van der Waals surface area contributed by atoms with Crippen LogP contribution in [0.5, 0.6) is 5.75 Å². The summed E-state index contributed by atoms with van der Waals surface area (Å²) in [4.78, 5) is 5.79. The first-order valence-electron chi connectivity index (χ1n) is 11.1. The van der Waals surface area contributed by atoms with E-state index >= 15 is 0 Å². The lowest BCUT2D eigenvalue weighted by molar-refractivity contribution is -0.139. The molecule has 0 saturated carbocycles. The van der Waals surface area contributed by atoms with Gasteiger partial charge in [-0.1, -0.05) is 34.1 Å². The summed E-state index contributed by atoms with van der Waals surface area (Å²) >= 11 is 4.74. The van der Waals surface area contributed by atoms with E-state index in [0.717, 1.165) is 54.5 Å².